The van der Waals surface area contributed by atoms with E-state index in [1.54, 1.807) is 38.6 Å². The van der Waals surface area contributed by atoms with E-state index >= 15 is 0 Å². The number of halogens is 2. The van der Waals surface area contributed by atoms with Gasteiger partial charge in [-0.25, -0.2) is 9.97 Å². The summed E-state index contributed by atoms with van der Waals surface area (Å²) >= 11 is 12.7. The Morgan fingerprint density at radius 2 is 1.81 bits per heavy atom. The lowest BCUT2D eigenvalue weighted by atomic mass is 10.1. The van der Waals surface area contributed by atoms with Crippen molar-refractivity contribution >= 4 is 40.4 Å². The van der Waals surface area contributed by atoms with Crippen LogP contribution in [0, 0.1) is 0 Å². The Morgan fingerprint density at radius 3 is 2.44 bits per heavy atom. The van der Waals surface area contributed by atoms with Crippen LogP contribution in [-0.4, -0.2) is 24.2 Å². The SMILES string of the molecule is COc1ccc(N(c2ccncn2)c2cc(Cl)cc(Cl)c2CN)cc1OC. The molecular weight excluding hydrogens is 387 g/mol. The summed E-state index contributed by atoms with van der Waals surface area (Å²) in [7, 11) is 3.17. The predicted molar refractivity (Wildman–Crippen MR) is 108 cm³/mol. The zero-order valence-electron chi connectivity index (χ0n) is 14.8. The third-order valence-electron chi connectivity index (χ3n) is 4.00. The van der Waals surface area contributed by atoms with Crippen molar-refractivity contribution in [2.45, 2.75) is 6.54 Å². The van der Waals surface area contributed by atoms with Crippen LogP contribution >= 0.6 is 23.2 Å². The smallest absolute Gasteiger partial charge is 0.162 e. The highest BCUT2D eigenvalue weighted by molar-refractivity contribution is 6.35. The minimum atomic E-state index is 0.236. The first-order valence-corrected chi connectivity index (χ1v) is 8.80. The quantitative estimate of drug-likeness (QED) is 0.639. The van der Waals surface area contributed by atoms with Gasteiger partial charge in [-0.05, 0) is 30.3 Å². The molecule has 2 aromatic carbocycles. The number of nitrogens with two attached hydrogens (primary N) is 1. The van der Waals surface area contributed by atoms with Crippen molar-refractivity contribution in [1.82, 2.24) is 9.97 Å². The molecule has 0 spiro atoms. The van der Waals surface area contributed by atoms with Gasteiger partial charge in [0.05, 0.1) is 25.6 Å². The van der Waals surface area contributed by atoms with Gasteiger partial charge in [-0.15, -0.1) is 0 Å². The van der Waals surface area contributed by atoms with E-state index in [0.717, 1.165) is 16.9 Å². The Labute approximate surface area is 167 Å². The molecule has 3 aromatic rings. The number of nitrogens with zero attached hydrogens (tertiary/aromatic N) is 3. The zero-order chi connectivity index (χ0) is 19.4. The summed E-state index contributed by atoms with van der Waals surface area (Å²) in [5, 5.41) is 0.978. The first-order valence-electron chi connectivity index (χ1n) is 8.05. The fourth-order valence-electron chi connectivity index (χ4n) is 2.77. The Bertz CT molecular complexity index is 938. The molecule has 0 aliphatic rings. The summed E-state index contributed by atoms with van der Waals surface area (Å²) in [4.78, 5) is 10.3. The van der Waals surface area contributed by atoms with Gasteiger partial charge in [0, 0.05) is 34.4 Å². The monoisotopic (exact) mass is 404 g/mol. The van der Waals surface area contributed by atoms with Crippen LogP contribution in [0.2, 0.25) is 10.0 Å². The summed E-state index contributed by atoms with van der Waals surface area (Å²) in [6.07, 6.45) is 3.13. The van der Waals surface area contributed by atoms with E-state index in [-0.39, 0.29) is 6.54 Å². The molecule has 140 valence electrons. The topological polar surface area (TPSA) is 73.5 Å². The van der Waals surface area contributed by atoms with E-state index in [1.807, 2.05) is 23.1 Å². The predicted octanol–water partition coefficient (Wildman–Crippen LogP) is 4.73. The standard InChI is InChI=1S/C19H18Cl2N4O2/c1-26-17-4-3-13(9-18(17)27-2)25(19-5-6-23-11-24-19)16-8-12(20)7-15(21)14(16)10-22/h3-9,11H,10,22H2,1-2H3. The lowest BCUT2D eigenvalue weighted by Crippen LogP contribution is -2.15. The lowest BCUT2D eigenvalue weighted by molar-refractivity contribution is 0.355. The van der Waals surface area contributed by atoms with Gasteiger partial charge in [0.15, 0.2) is 11.5 Å². The van der Waals surface area contributed by atoms with Gasteiger partial charge in [0.25, 0.3) is 0 Å². The maximum atomic E-state index is 6.39. The molecule has 0 bridgehead atoms. The Balaban J connectivity index is 2.26. The summed E-state index contributed by atoms with van der Waals surface area (Å²) < 4.78 is 10.8. The Morgan fingerprint density at radius 1 is 1.04 bits per heavy atom. The summed E-state index contributed by atoms with van der Waals surface area (Å²) in [6, 6.07) is 10.8. The maximum Gasteiger partial charge on any atom is 0.162 e. The highest BCUT2D eigenvalue weighted by atomic mass is 35.5. The molecule has 0 saturated heterocycles. The number of methoxy groups -OCH3 is 2. The van der Waals surface area contributed by atoms with Crippen LogP contribution in [-0.2, 0) is 6.54 Å². The van der Waals surface area contributed by atoms with Gasteiger partial charge >= 0.3 is 0 Å². The van der Waals surface area contributed by atoms with Crippen LogP contribution in [0.25, 0.3) is 0 Å². The van der Waals surface area contributed by atoms with Gasteiger partial charge in [-0.1, -0.05) is 23.2 Å². The molecule has 8 heteroatoms. The fourth-order valence-corrected chi connectivity index (χ4v) is 3.33. The van der Waals surface area contributed by atoms with Gasteiger partial charge < -0.3 is 15.2 Å². The second-order valence-corrected chi connectivity index (χ2v) is 6.38. The van der Waals surface area contributed by atoms with Crippen LogP contribution in [0.15, 0.2) is 48.9 Å². The average Bonchev–Trinajstić information content (AvgIpc) is 2.68. The molecule has 0 aliphatic heterocycles. The van der Waals surface area contributed by atoms with Crippen LogP contribution in [0.3, 0.4) is 0 Å². The first-order chi connectivity index (χ1) is 13.1. The van der Waals surface area contributed by atoms with Crippen LogP contribution < -0.4 is 20.1 Å². The lowest BCUT2D eigenvalue weighted by Gasteiger charge is -2.27. The molecule has 27 heavy (non-hydrogen) atoms. The van der Waals surface area contributed by atoms with Gasteiger partial charge in [-0.2, -0.15) is 0 Å². The van der Waals surface area contributed by atoms with Crippen LogP contribution in [0.1, 0.15) is 5.56 Å². The number of ether oxygens (including phenoxy) is 2. The molecule has 3 rings (SSSR count). The molecule has 0 aliphatic carbocycles. The number of aromatic nitrogens is 2. The Hall–Kier alpha value is -2.54. The molecule has 6 nitrogen and oxygen atoms in total. The largest absolute Gasteiger partial charge is 0.493 e. The second-order valence-electron chi connectivity index (χ2n) is 5.53. The molecule has 0 fully saturated rings. The molecule has 2 N–H and O–H groups in total. The molecule has 0 unspecified atom stereocenters. The van der Waals surface area contributed by atoms with Gasteiger partial charge in [0.1, 0.15) is 12.1 Å². The van der Waals surface area contributed by atoms with Crippen molar-refractivity contribution in [1.29, 1.82) is 0 Å². The maximum absolute atomic E-state index is 6.39. The summed E-state index contributed by atoms with van der Waals surface area (Å²) in [5.41, 5.74) is 8.21. The van der Waals surface area contributed by atoms with E-state index in [1.165, 1.54) is 6.33 Å². The zero-order valence-corrected chi connectivity index (χ0v) is 16.3. The second kappa shape index (κ2) is 8.43. The summed E-state index contributed by atoms with van der Waals surface area (Å²) in [6.45, 7) is 0.236. The van der Waals surface area contributed by atoms with Crippen LogP contribution in [0.4, 0.5) is 17.2 Å². The van der Waals surface area contributed by atoms with Crippen molar-refractivity contribution in [3.8, 4) is 11.5 Å². The molecule has 0 radical (unpaired) electrons. The minimum Gasteiger partial charge on any atom is -0.493 e. The fraction of sp³-hybridized carbons (Fsp3) is 0.158. The third kappa shape index (κ3) is 3.93. The van der Waals surface area contributed by atoms with Crippen molar-refractivity contribution in [2.75, 3.05) is 19.1 Å². The van der Waals surface area contributed by atoms with E-state index in [0.29, 0.717) is 27.4 Å². The van der Waals surface area contributed by atoms with E-state index in [9.17, 15) is 0 Å². The summed E-state index contributed by atoms with van der Waals surface area (Å²) in [5.74, 6) is 1.83. The Kier molecular flexibility index (Phi) is 6.01. The highest BCUT2D eigenvalue weighted by Gasteiger charge is 2.20. The van der Waals surface area contributed by atoms with Crippen molar-refractivity contribution in [3.63, 3.8) is 0 Å². The van der Waals surface area contributed by atoms with E-state index < -0.39 is 0 Å². The highest BCUT2D eigenvalue weighted by Crippen LogP contribution is 2.42. The number of anilines is 3. The van der Waals surface area contributed by atoms with Gasteiger partial charge in [-0.3, -0.25) is 4.90 Å². The van der Waals surface area contributed by atoms with Gasteiger partial charge in [0.2, 0.25) is 0 Å². The number of rotatable bonds is 6. The molecular formula is C19H18Cl2N4O2. The molecule has 1 aromatic heterocycles. The first kappa shape index (κ1) is 19.2. The minimum absolute atomic E-state index is 0.236. The number of hydrogen-bond acceptors (Lipinski definition) is 6. The molecule has 0 atom stereocenters. The van der Waals surface area contributed by atoms with E-state index in [4.69, 9.17) is 38.4 Å². The average molecular weight is 405 g/mol. The third-order valence-corrected chi connectivity index (χ3v) is 4.56. The van der Waals surface area contributed by atoms with Crippen molar-refractivity contribution in [3.05, 3.63) is 64.5 Å². The van der Waals surface area contributed by atoms with Crippen molar-refractivity contribution < 1.29 is 9.47 Å². The van der Waals surface area contributed by atoms with Crippen LogP contribution in [0.5, 0.6) is 11.5 Å². The molecule has 0 saturated carbocycles. The normalized spacial score (nSPS) is 10.6. The number of benzene rings is 2. The van der Waals surface area contributed by atoms with E-state index in [2.05, 4.69) is 9.97 Å². The number of hydrogen-bond donors (Lipinski definition) is 1. The molecule has 0 amide bonds. The van der Waals surface area contributed by atoms with Crippen molar-refractivity contribution in [2.24, 2.45) is 5.73 Å². The molecule has 1 heterocycles.